The summed E-state index contributed by atoms with van der Waals surface area (Å²) < 4.78 is 0. The van der Waals surface area contributed by atoms with E-state index < -0.39 is 0 Å². The Balaban J connectivity index is 2.06. The normalized spacial score (nSPS) is 18.5. The molecule has 3 nitrogen and oxygen atoms in total. The number of hydrogen-bond acceptors (Lipinski definition) is 3. The second-order valence-electron chi connectivity index (χ2n) is 4.53. The minimum Gasteiger partial charge on any atom is -0.372 e. The summed E-state index contributed by atoms with van der Waals surface area (Å²) in [7, 11) is 0. The van der Waals surface area contributed by atoms with Gasteiger partial charge >= 0.3 is 0 Å². The number of hydrazine groups is 1. The first-order chi connectivity index (χ1) is 7.81. The van der Waals surface area contributed by atoms with Crippen molar-refractivity contribution in [2.24, 2.45) is 5.84 Å². The van der Waals surface area contributed by atoms with E-state index >= 15 is 0 Å². The van der Waals surface area contributed by atoms with E-state index in [1.807, 2.05) is 0 Å². The number of benzene rings is 1. The first-order valence-corrected chi connectivity index (χ1v) is 6.12. The van der Waals surface area contributed by atoms with E-state index in [1.165, 1.54) is 43.6 Å². The van der Waals surface area contributed by atoms with E-state index in [2.05, 4.69) is 41.5 Å². The Kier molecular flexibility index (Phi) is 3.80. The summed E-state index contributed by atoms with van der Waals surface area (Å²) in [6.07, 6.45) is 4.02. The average Bonchev–Trinajstić information content (AvgIpc) is 2.39. The molecule has 1 aliphatic heterocycles. The highest BCUT2D eigenvalue weighted by atomic mass is 15.2. The Bertz CT molecular complexity index is 314. The van der Waals surface area contributed by atoms with Gasteiger partial charge in [0.15, 0.2) is 0 Å². The number of nitrogens with two attached hydrogens (primary N) is 1. The van der Waals surface area contributed by atoms with Crippen LogP contribution in [0.3, 0.4) is 0 Å². The summed E-state index contributed by atoms with van der Waals surface area (Å²) in [6.45, 7) is 4.46. The van der Waals surface area contributed by atoms with E-state index in [0.29, 0.717) is 0 Å². The second-order valence-corrected chi connectivity index (χ2v) is 4.53. The number of rotatable bonds is 3. The molecule has 0 amide bonds. The number of anilines is 1. The lowest BCUT2D eigenvalue weighted by Gasteiger charge is -2.29. The zero-order chi connectivity index (χ0) is 11.4. The van der Waals surface area contributed by atoms with Crippen molar-refractivity contribution in [3.8, 4) is 0 Å². The van der Waals surface area contributed by atoms with Gasteiger partial charge in [-0.1, -0.05) is 12.1 Å². The van der Waals surface area contributed by atoms with Crippen molar-refractivity contribution in [1.29, 1.82) is 0 Å². The largest absolute Gasteiger partial charge is 0.372 e. The molecule has 16 heavy (non-hydrogen) atoms. The smallest absolute Gasteiger partial charge is 0.0431 e. The molecule has 0 unspecified atom stereocenters. The molecule has 0 aliphatic carbocycles. The molecule has 0 saturated carbocycles. The van der Waals surface area contributed by atoms with Gasteiger partial charge in [0.2, 0.25) is 0 Å². The SMILES string of the molecule is C[C@H](NN)c1ccc(N2CCCCC2)cc1. The Hall–Kier alpha value is -1.06. The molecule has 0 spiro atoms. The molecule has 1 fully saturated rings. The summed E-state index contributed by atoms with van der Waals surface area (Å²) in [5, 5.41) is 0. The highest BCUT2D eigenvalue weighted by Crippen LogP contribution is 2.21. The van der Waals surface area contributed by atoms with Crippen LogP contribution in [-0.4, -0.2) is 13.1 Å². The highest BCUT2D eigenvalue weighted by Gasteiger charge is 2.11. The van der Waals surface area contributed by atoms with Crippen molar-refractivity contribution in [2.75, 3.05) is 18.0 Å². The number of piperidine rings is 1. The second kappa shape index (κ2) is 5.32. The molecule has 1 atom stereocenters. The van der Waals surface area contributed by atoms with Crippen LogP contribution in [0.5, 0.6) is 0 Å². The van der Waals surface area contributed by atoms with Crippen molar-refractivity contribution in [1.82, 2.24) is 5.43 Å². The van der Waals surface area contributed by atoms with Gasteiger partial charge in [-0.2, -0.15) is 0 Å². The highest BCUT2D eigenvalue weighted by molar-refractivity contribution is 5.48. The first-order valence-electron chi connectivity index (χ1n) is 6.12. The molecule has 1 aromatic rings. The van der Waals surface area contributed by atoms with Crippen molar-refractivity contribution in [3.05, 3.63) is 29.8 Å². The van der Waals surface area contributed by atoms with Gasteiger partial charge in [0, 0.05) is 24.8 Å². The fourth-order valence-electron chi connectivity index (χ4n) is 2.22. The minimum atomic E-state index is 0.218. The van der Waals surface area contributed by atoms with Crippen molar-refractivity contribution in [3.63, 3.8) is 0 Å². The van der Waals surface area contributed by atoms with Crippen molar-refractivity contribution >= 4 is 5.69 Å². The van der Waals surface area contributed by atoms with E-state index in [4.69, 9.17) is 5.84 Å². The maximum atomic E-state index is 5.42. The fraction of sp³-hybridized carbons (Fsp3) is 0.538. The van der Waals surface area contributed by atoms with Crippen LogP contribution in [0.2, 0.25) is 0 Å². The Morgan fingerprint density at radius 1 is 1.12 bits per heavy atom. The Labute approximate surface area is 97.6 Å². The average molecular weight is 219 g/mol. The van der Waals surface area contributed by atoms with E-state index in [1.54, 1.807) is 0 Å². The van der Waals surface area contributed by atoms with Gasteiger partial charge in [-0.15, -0.1) is 0 Å². The van der Waals surface area contributed by atoms with E-state index in [-0.39, 0.29) is 6.04 Å². The first kappa shape index (κ1) is 11.4. The van der Waals surface area contributed by atoms with Gasteiger partial charge < -0.3 is 4.90 Å². The third-order valence-electron chi connectivity index (χ3n) is 3.36. The molecule has 0 bridgehead atoms. The van der Waals surface area contributed by atoms with Gasteiger partial charge in [0.25, 0.3) is 0 Å². The van der Waals surface area contributed by atoms with Gasteiger partial charge in [-0.25, -0.2) is 0 Å². The quantitative estimate of drug-likeness (QED) is 0.605. The van der Waals surface area contributed by atoms with Crippen LogP contribution in [0, 0.1) is 0 Å². The maximum Gasteiger partial charge on any atom is 0.0431 e. The van der Waals surface area contributed by atoms with Crippen LogP contribution in [0.25, 0.3) is 0 Å². The summed E-state index contributed by atoms with van der Waals surface area (Å²) in [5.41, 5.74) is 5.35. The van der Waals surface area contributed by atoms with Gasteiger partial charge in [-0.05, 0) is 43.9 Å². The summed E-state index contributed by atoms with van der Waals surface area (Å²) in [5.74, 6) is 5.42. The summed E-state index contributed by atoms with van der Waals surface area (Å²) in [4.78, 5) is 2.47. The predicted molar refractivity (Wildman–Crippen MR) is 68.2 cm³/mol. The molecule has 1 aromatic carbocycles. The van der Waals surface area contributed by atoms with E-state index in [9.17, 15) is 0 Å². The molecular formula is C13H21N3. The lowest BCUT2D eigenvalue weighted by atomic mass is 10.1. The summed E-state index contributed by atoms with van der Waals surface area (Å²) >= 11 is 0. The van der Waals surface area contributed by atoms with Gasteiger partial charge in [0.1, 0.15) is 0 Å². The Morgan fingerprint density at radius 2 is 1.75 bits per heavy atom. The van der Waals surface area contributed by atoms with Gasteiger partial charge in [-0.3, -0.25) is 11.3 Å². The zero-order valence-electron chi connectivity index (χ0n) is 9.95. The predicted octanol–water partition coefficient (Wildman–Crippen LogP) is 2.20. The monoisotopic (exact) mass is 219 g/mol. The van der Waals surface area contributed by atoms with Crippen molar-refractivity contribution < 1.29 is 0 Å². The van der Waals surface area contributed by atoms with Crippen LogP contribution in [-0.2, 0) is 0 Å². The van der Waals surface area contributed by atoms with Gasteiger partial charge in [0.05, 0.1) is 0 Å². The number of hydrogen-bond donors (Lipinski definition) is 2. The standard InChI is InChI=1S/C13H21N3/c1-11(15-14)12-5-7-13(8-6-12)16-9-3-2-4-10-16/h5-8,11,15H,2-4,9-10,14H2,1H3/t11-/m0/s1. The van der Waals surface area contributed by atoms with Crippen LogP contribution in [0.1, 0.15) is 37.8 Å². The lowest BCUT2D eigenvalue weighted by molar-refractivity contribution is 0.577. The molecular weight excluding hydrogens is 198 g/mol. The molecule has 0 aromatic heterocycles. The van der Waals surface area contributed by atoms with Crippen molar-refractivity contribution in [2.45, 2.75) is 32.2 Å². The topological polar surface area (TPSA) is 41.3 Å². The molecule has 1 saturated heterocycles. The molecule has 1 heterocycles. The molecule has 2 rings (SSSR count). The van der Waals surface area contributed by atoms with E-state index in [0.717, 1.165) is 0 Å². The molecule has 88 valence electrons. The van der Waals surface area contributed by atoms with Crippen LogP contribution >= 0.6 is 0 Å². The summed E-state index contributed by atoms with van der Waals surface area (Å²) in [6, 6.07) is 8.95. The molecule has 0 radical (unpaired) electrons. The molecule has 1 aliphatic rings. The minimum absolute atomic E-state index is 0.218. The van der Waals surface area contributed by atoms with Crippen LogP contribution in [0.4, 0.5) is 5.69 Å². The lowest BCUT2D eigenvalue weighted by Crippen LogP contribution is -2.29. The van der Waals surface area contributed by atoms with Crippen LogP contribution in [0.15, 0.2) is 24.3 Å². The fourth-order valence-corrected chi connectivity index (χ4v) is 2.22. The molecule has 3 N–H and O–H groups in total. The Morgan fingerprint density at radius 3 is 2.31 bits per heavy atom. The van der Waals surface area contributed by atoms with Crippen LogP contribution < -0.4 is 16.2 Å². The maximum absolute atomic E-state index is 5.42. The zero-order valence-corrected chi connectivity index (χ0v) is 9.95. The third-order valence-corrected chi connectivity index (χ3v) is 3.36. The third kappa shape index (κ3) is 2.54. The molecule has 3 heteroatoms. The number of nitrogens with one attached hydrogen (secondary N) is 1. The number of nitrogens with zero attached hydrogens (tertiary/aromatic N) is 1.